The normalized spacial score (nSPS) is 15.6. The minimum absolute atomic E-state index is 0.0359. The number of benzene rings is 1. The Hall–Kier alpha value is -2.26. The number of rotatable bonds is 7. The molecule has 0 aliphatic carbocycles. The van der Waals surface area contributed by atoms with Crippen LogP contribution in [0.2, 0.25) is 0 Å². The number of carbonyl (C=O) groups is 2. The number of aliphatic carboxylic acids is 1. The molecule has 2 rings (SSSR count). The summed E-state index contributed by atoms with van der Waals surface area (Å²) in [6.45, 7) is 0.0359. The molecule has 0 radical (unpaired) electrons. The number of hydrogen-bond acceptors (Lipinski definition) is 7. The summed E-state index contributed by atoms with van der Waals surface area (Å²) in [5.41, 5.74) is 0.574. The van der Waals surface area contributed by atoms with Crippen LogP contribution in [-0.4, -0.2) is 54.1 Å². The van der Waals surface area contributed by atoms with Gasteiger partial charge in [-0.25, -0.2) is 0 Å². The standard InChI is InChI=1S/C16H17NO6S2/c1-21-9-6-11(22-2)10(12(7-9)23-3)8-13-15(20)17(16(24)25-13)5-4-14(18)19/h6-8H,4-5H2,1-3H3,(H,18,19). The molecule has 1 fully saturated rings. The molecule has 1 N–H and O–H groups in total. The van der Waals surface area contributed by atoms with Gasteiger partial charge in [-0.2, -0.15) is 0 Å². The van der Waals surface area contributed by atoms with Crippen LogP contribution in [0.5, 0.6) is 17.2 Å². The van der Waals surface area contributed by atoms with Crippen LogP contribution >= 0.6 is 24.0 Å². The number of hydrogen-bond donors (Lipinski definition) is 1. The quantitative estimate of drug-likeness (QED) is 0.567. The molecule has 0 bridgehead atoms. The molecule has 0 spiro atoms. The smallest absolute Gasteiger partial charge is 0.305 e. The van der Waals surface area contributed by atoms with Crippen LogP contribution in [0, 0.1) is 0 Å². The number of ether oxygens (including phenoxy) is 3. The summed E-state index contributed by atoms with van der Waals surface area (Å²) in [5, 5.41) is 8.79. The molecule has 0 aromatic heterocycles. The van der Waals surface area contributed by atoms with Crippen molar-refractivity contribution in [3.63, 3.8) is 0 Å². The lowest BCUT2D eigenvalue weighted by atomic mass is 10.1. The van der Waals surface area contributed by atoms with Crippen molar-refractivity contribution in [3.8, 4) is 17.2 Å². The van der Waals surface area contributed by atoms with E-state index in [0.717, 1.165) is 11.8 Å². The second kappa shape index (κ2) is 8.21. The Morgan fingerprint density at radius 2 is 1.84 bits per heavy atom. The minimum Gasteiger partial charge on any atom is -0.496 e. The van der Waals surface area contributed by atoms with E-state index in [0.29, 0.717) is 32.0 Å². The van der Waals surface area contributed by atoms with Gasteiger partial charge >= 0.3 is 5.97 Å². The number of carboxylic acid groups (broad SMARTS) is 1. The van der Waals surface area contributed by atoms with Gasteiger partial charge in [-0.3, -0.25) is 14.5 Å². The van der Waals surface area contributed by atoms with Crippen LogP contribution in [-0.2, 0) is 9.59 Å². The van der Waals surface area contributed by atoms with Crippen molar-refractivity contribution in [1.82, 2.24) is 4.90 Å². The maximum atomic E-state index is 12.5. The molecule has 1 amide bonds. The molecule has 1 saturated heterocycles. The lowest BCUT2D eigenvalue weighted by molar-refractivity contribution is -0.137. The van der Waals surface area contributed by atoms with Crippen LogP contribution in [0.15, 0.2) is 17.0 Å². The van der Waals surface area contributed by atoms with Crippen molar-refractivity contribution in [2.24, 2.45) is 0 Å². The molecule has 0 unspecified atom stereocenters. The lowest BCUT2D eigenvalue weighted by Crippen LogP contribution is -2.30. The van der Waals surface area contributed by atoms with Gasteiger partial charge in [0.2, 0.25) is 0 Å². The van der Waals surface area contributed by atoms with E-state index in [-0.39, 0.29) is 18.9 Å². The number of carbonyl (C=O) groups excluding carboxylic acids is 1. The van der Waals surface area contributed by atoms with Crippen molar-refractivity contribution < 1.29 is 28.9 Å². The zero-order valence-corrected chi connectivity index (χ0v) is 15.5. The predicted octanol–water partition coefficient (Wildman–Crippen LogP) is 2.39. The van der Waals surface area contributed by atoms with Gasteiger partial charge in [0.05, 0.1) is 38.2 Å². The van der Waals surface area contributed by atoms with Gasteiger partial charge in [0.25, 0.3) is 5.91 Å². The molecule has 0 atom stereocenters. The Labute approximate surface area is 154 Å². The van der Waals surface area contributed by atoms with Gasteiger partial charge in [-0.15, -0.1) is 0 Å². The van der Waals surface area contributed by atoms with E-state index in [4.69, 9.17) is 31.5 Å². The molecule has 1 aliphatic heterocycles. The fourth-order valence-electron chi connectivity index (χ4n) is 2.21. The third-order valence-electron chi connectivity index (χ3n) is 3.45. The van der Waals surface area contributed by atoms with Gasteiger partial charge in [-0.05, 0) is 6.08 Å². The fourth-order valence-corrected chi connectivity index (χ4v) is 3.50. The Bertz CT molecular complexity index is 721. The highest BCUT2D eigenvalue weighted by Gasteiger charge is 2.32. The molecule has 25 heavy (non-hydrogen) atoms. The van der Waals surface area contributed by atoms with Crippen LogP contribution in [0.3, 0.4) is 0 Å². The zero-order valence-electron chi connectivity index (χ0n) is 13.9. The van der Waals surface area contributed by atoms with Crippen LogP contribution in [0.1, 0.15) is 12.0 Å². The average molecular weight is 383 g/mol. The highest BCUT2D eigenvalue weighted by atomic mass is 32.2. The van der Waals surface area contributed by atoms with Crippen molar-refractivity contribution in [3.05, 3.63) is 22.6 Å². The van der Waals surface area contributed by atoms with Crippen LogP contribution < -0.4 is 14.2 Å². The molecule has 0 saturated carbocycles. The largest absolute Gasteiger partial charge is 0.496 e. The van der Waals surface area contributed by atoms with E-state index in [9.17, 15) is 9.59 Å². The monoisotopic (exact) mass is 383 g/mol. The number of thioether (sulfide) groups is 1. The molecule has 7 nitrogen and oxygen atoms in total. The van der Waals surface area contributed by atoms with Gasteiger partial charge in [0.15, 0.2) is 0 Å². The summed E-state index contributed by atoms with van der Waals surface area (Å²) >= 11 is 6.29. The molecular weight excluding hydrogens is 366 g/mol. The Morgan fingerprint density at radius 3 is 2.32 bits per heavy atom. The second-order valence-corrected chi connectivity index (χ2v) is 6.60. The number of nitrogens with zero attached hydrogens (tertiary/aromatic N) is 1. The van der Waals surface area contributed by atoms with E-state index in [1.54, 1.807) is 18.2 Å². The molecule has 134 valence electrons. The molecule has 1 heterocycles. The van der Waals surface area contributed by atoms with Crippen molar-refractivity contribution in [2.45, 2.75) is 6.42 Å². The first-order valence-electron chi connectivity index (χ1n) is 7.18. The number of amides is 1. The zero-order chi connectivity index (χ0) is 18.6. The highest BCUT2D eigenvalue weighted by molar-refractivity contribution is 8.26. The number of methoxy groups -OCH3 is 3. The SMILES string of the molecule is COc1cc(OC)c(C=C2SC(=S)N(CCC(=O)O)C2=O)c(OC)c1. The Morgan fingerprint density at radius 1 is 1.24 bits per heavy atom. The minimum atomic E-state index is -0.989. The van der Waals surface area contributed by atoms with Crippen molar-refractivity contribution in [2.75, 3.05) is 27.9 Å². The summed E-state index contributed by atoms with van der Waals surface area (Å²) in [6, 6.07) is 3.36. The van der Waals surface area contributed by atoms with Crippen LogP contribution in [0.25, 0.3) is 6.08 Å². The molecule has 1 aliphatic rings. The van der Waals surface area contributed by atoms with Crippen molar-refractivity contribution >= 4 is 46.3 Å². The third kappa shape index (κ3) is 4.23. The number of thiocarbonyl (C=S) groups is 1. The summed E-state index contributed by atoms with van der Waals surface area (Å²) in [4.78, 5) is 24.9. The van der Waals surface area contributed by atoms with Crippen molar-refractivity contribution in [1.29, 1.82) is 0 Å². The van der Waals surface area contributed by atoms with Gasteiger partial charge in [-0.1, -0.05) is 24.0 Å². The van der Waals surface area contributed by atoms with Gasteiger partial charge < -0.3 is 19.3 Å². The second-order valence-electron chi connectivity index (χ2n) is 4.92. The van der Waals surface area contributed by atoms with E-state index in [1.165, 1.54) is 26.2 Å². The summed E-state index contributed by atoms with van der Waals surface area (Å²) < 4.78 is 16.2. The first-order chi connectivity index (χ1) is 11.9. The van der Waals surface area contributed by atoms with E-state index >= 15 is 0 Å². The lowest BCUT2D eigenvalue weighted by Gasteiger charge is -2.13. The van der Waals surface area contributed by atoms with E-state index in [1.807, 2.05) is 0 Å². The Kier molecular flexibility index (Phi) is 6.27. The molecular formula is C16H17NO6S2. The average Bonchev–Trinajstić information content (AvgIpc) is 2.86. The van der Waals surface area contributed by atoms with Crippen LogP contribution in [0.4, 0.5) is 0 Å². The third-order valence-corrected chi connectivity index (χ3v) is 4.83. The van der Waals surface area contributed by atoms with E-state index in [2.05, 4.69) is 0 Å². The van der Waals surface area contributed by atoms with Gasteiger partial charge in [0.1, 0.15) is 21.6 Å². The molecule has 1 aromatic rings. The van der Waals surface area contributed by atoms with Gasteiger partial charge in [0, 0.05) is 18.7 Å². The topological polar surface area (TPSA) is 85.3 Å². The fraction of sp³-hybridized carbons (Fsp3) is 0.312. The maximum absolute atomic E-state index is 12.5. The highest BCUT2D eigenvalue weighted by Crippen LogP contribution is 2.39. The summed E-state index contributed by atoms with van der Waals surface area (Å²) in [5.74, 6) is 0.187. The number of carboxylic acids is 1. The molecule has 1 aromatic carbocycles. The molecule has 9 heteroatoms. The predicted molar refractivity (Wildman–Crippen MR) is 98.2 cm³/mol. The van der Waals surface area contributed by atoms with E-state index < -0.39 is 5.97 Å². The summed E-state index contributed by atoms with van der Waals surface area (Å²) in [7, 11) is 4.54. The Balaban J connectivity index is 2.38. The first-order valence-corrected chi connectivity index (χ1v) is 8.41. The maximum Gasteiger partial charge on any atom is 0.305 e. The first kappa shape index (κ1) is 19.1. The summed E-state index contributed by atoms with van der Waals surface area (Å²) in [6.07, 6.45) is 1.45.